The van der Waals surface area contributed by atoms with Crippen molar-refractivity contribution in [1.82, 2.24) is 5.32 Å². The molecule has 0 heterocycles. The molecular weight excluding hydrogens is 1040 g/mol. The van der Waals surface area contributed by atoms with Crippen LogP contribution in [-0.4, -0.2) is 47.4 Å². The molecule has 6 heteroatoms. The third-order valence-electron chi connectivity index (χ3n) is 18.2. The minimum atomic E-state index is -0.663. The van der Waals surface area contributed by atoms with Crippen molar-refractivity contribution in [3.63, 3.8) is 0 Å². The lowest BCUT2D eigenvalue weighted by Gasteiger charge is -2.22. The smallest absolute Gasteiger partial charge is 0.305 e. The Hall–Kier alpha value is -1.92. The number of carbonyl (C=O) groups is 2. The number of amides is 1. The fourth-order valence-electron chi connectivity index (χ4n) is 12.3. The number of esters is 1. The summed E-state index contributed by atoms with van der Waals surface area (Å²) in [6.45, 7) is 4.98. The first-order chi connectivity index (χ1) is 42.0. The van der Waals surface area contributed by atoms with Crippen LogP contribution in [0.3, 0.4) is 0 Å². The van der Waals surface area contributed by atoms with E-state index in [0.29, 0.717) is 25.9 Å². The zero-order valence-corrected chi connectivity index (χ0v) is 57.6. The Balaban J connectivity index is 3.35. The molecule has 0 aromatic rings. The number of ether oxygens (including phenoxy) is 1. The number of hydrogen-bond acceptors (Lipinski definition) is 5. The number of rotatable bonds is 73. The molecule has 0 aliphatic rings. The first kappa shape index (κ1) is 83.1. The minimum Gasteiger partial charge on any atom is -0.466 e. The maximum absolute atomic E-state index is 12.5. The molecule has 502 valence electrons. The Morgan fingerprint density at radius 3 is 0.918 bits per heavy atom. The van der Waals surface area contributed by atoms with E-state index in [0.717, 1.165) is 51.4 Å². The van der Waals surface area contributed by atoms with E-state index in [1.807, 2.05) is 0 Å². The van der Waals surface area contributed by atoms with E-state index in [4.69, 9.17) is 4.74 Å². The molecule has 0 spiro atoms. The van der Waals surface area contributed by atoms with Crippen LogP contribution < -0.4 is 5.32 Å². The lowest BCUT2D eigenvalue weighted by atomic mass is 10.0. The molecule has 3 N–H and O–H groups in total. The van der Waals surface area contributed by atoms with Gasteiger partial charge < -0.3 is 20.3 Å². The predicted molar refractivity (Wildman–Crippen MR) is 375 cm³/mol. The summed E-state index contributed by atoms with van der Waals surface area (Å²) >= 11 is 0. The molecule has 2 unspecified atom stereocenters. The topological polar surface area (TPSA) is 95.9 Å². The molecule has 0 saturated carbocycles. The Morgan fingerprint density at radius 2 is 0.588 bits per heavy atom. The number of allylic oxidation sites excluding steroid dienone is 6. The number of hydrogen-bond donors (Lipinski definition) is 3. The van der Waals surface area contributed by atoms with Crippen molar-refractivity contribution in [3.05, 3.63) is 36.5 Å². The Kier molecular flexibility index (Phi) is 72.9. The molecule has 0 aliphatic heterocycles. The summed E-state index contributed by atoms with van der Waals surface area (Å²) in [6, 6.07) is -0.540. The average molecular weight is 1200 g/mol. The zero-order valence-electron chi connectivity index (χ0n) is 57.6. The molecule has 85 heavy (non-hydrogen) atoms. The van der Waals surface area contributed by atoms with Gasteiger partial charge in [-0.3, -0.25) is 9.59 Å². The van der Waals surface area contributed by atoms with Gasteiger partial charge in [0.05, 0.1) is 25.4 Å². The van der Waals surface area contributed by atoms with Crippen molar-refractivity contribution in [2.24, 2.45) is 0 Å². The first-order valence-corrected chi connectivity index (χ1v) is 38.7. The molecule has 0 aromatic carbocycles. The predicted octanol–water partition coefficient (Wildman–Crippen LogP) is 25.4. The highest BCUT2D eigenvalue weighted by atomic mass is 16.5. The van der Waals surface area contributed by atoms with Gasteiger partial charge in [0.1, 0.15) is 0 Å². The molecule has 0 radical (unpaired) electrons. The number of carbonyl (C=O) groups excluding carboxylic acids is 2. The Morgan fingerprint density at radius 1 is 0.329 bits per heavy atom. The van der Waals surface area contributed by atoms with Crippen LogP contribution in [-0.2, 0) is 14.3 Å². The van der Waals surface area contributed by atoms with Gasteiger partial charge in [0.15, 0.2) is 0 Å². The van der Waals surface area contributed by atoms with E-state index >= 15 is 0 Å². The van der Waals surface area contributed by atoms with E-state index < -0.39 is 12.1 Å². The Bertz CT molecular complexity index is 1380. The van der Waals surface area contributed by atoms with Gasteiger partial charge in [0, 0.05) is 12.8 Å². The Labute approximate surface area is 532 Å². The quantitative estimate of drug-likeness (QED) is 0.0320. The van der Waals surface area contributed by atoms with E-state index in [1.165, 1.54) is 347 Å². The summed E-state index contributed by atoms with van der Waals surface area (Å²) in [5, 5.41) is 23.4. The van der Waals surface area contributed by atoms with Gasteiger partial charge >= 0.3 is 5.97 Å². The standard InChI is InChI=1S/C79H151NO5/c1-3-5-7-9-11-13-15-17-19-21-39-43-47-51-55-59-63-67-71-77(82)76(75-81)80-78(83)72-68-64-60-56-52-48-44-40-37-35-33-31-29-27-25-23-24-26-28-30-32-34-36-38-42-46-50-54-58-62-66-70-74-85-79(84)73-69-65-61-57-53-49-45-41-22-20-18-16-14-12-10-8-6-4-2/h14,16,20,22,26,28,76-77,81-82H,3-13,15,17-19,21,23-25,27,29-75H2,1-2H3,(H,80,83)/b16-14-,22-20-,28-26-. The second-order valence-electron chi connectivity index (χ2n) is 26.7. The molecular formula is C79H151NO5. The monoisotopic (exact) mass is 1190 g/mol. The first-order valence-electron chi connectivity index (χ1n) is 38.7. The van der Waals surface area contributed by atoms with Crippen LogP contribution in [0.2, 0.25) is 0 Å². The zero-order chi connectivity index (χ0) is 61.3. The molecule has 1 amide bonds. The number of aliphatic hydroxyl groups is 2. The van der Waals surface area contributed by atoms with Crippen molar-refractivity contribution in [1.29, 1.82) is 0 Å². The van der Waals surface area contributed by atoms with Crippen LogP contribution in [0.4, 0.5) is 0 Å². The van der Waals surface area contributed by atoms with Crippen molar-refractivity contribution >= 4 is 11.9 Å². The lowest BCUT2D eigenvalue weighted by Crippen LogP contribution is -2.45. The summed E-state index contributed by atoms with van der Waals surface area (Å²) in [6.07, 6.45) is 96.5. The van der Waals surface area contributed by atoms with Crippen LogP contribution in [0, 0.1) is 0 Å². The SMILES string of the molecule is CCCCCC/C=C\C/C=C\CCCCCCCCCC(=O)OCCCCCCCCCCCCCC/C=C\CCCCCCCCCCCCCCCCCCC(=O)NC(CO)C(O)CCCCCCCCCCCCCCCCCCCC. The van der Waals surface area contributed by atoms with E-state index in [-0.39, 0.29) is 18.5 Å². The molecule has 6 nitrogen and oxygen atoms in total. The van der Waals surface area contributed by atoms with Gasteiger partial charge in [-0.2, -0.15) is 0 Å². The highest BCUT2D eigenvalue weighted by Gasteiger charge is 2.20. The molecule has 0 fully saturated rings. The van der Waals surface area contributed by atoms with E-state index in [2.05, 4.69) is 55.6 Å². The van der Waals surface area contributed by atoms with Gasteiger partial charge in [0.2, 0.25) is 5.91 Å². The van der Waals surface area contributed by atoms with Gasteiger partial charge in [0.25, 0.3) is 0 Å². The summed E-state index contributed by atoms with van der Waals surface area (Å²) in [7, 11) is 0. The average Bonchev–Trinajstić information content (AvgIpc) is 3.51. The highest BCUT2D eigenvalue weighted by Crippen LogP contribution is 2.19. The van der Waals surface area contributed by atoms with Crippen molar-refractivity contribution in [2.45, 2.75) is 443 Å². The van der Waals surface area contributed by atoms with E-state index in [1.54, 1.807) is 0 Å². The molecule has 2 atom stereocenters. The lowest BCUT2D eigenvalue weighted by molar-refractivity contribution is -0.143. The van der Waals surface area contributed by atoms with Crippen LogP contribution in [0.25, 0.3) is 0 Å². The van der Waals surface area contributed by atoms with Gasteiger partial charge in [-0.05, 0) is 83.5 Å². The minimum absolute atomic E-state index is 0.0115. The summed E-state index contributed by atoms with van der Waals surface area (Å²) < 4.78 is 5.51. The fraction of sp³-hybridized carbons (Fsp3) is 0.899. The molecule has 0 saturated heterocycles. The molecule has 0 aliphatic carbocycles. The van der Waals surface area contributed by atoms with E-state index in [9.17, 15) is 19.8 Å². The van der Waals surface area contributed by atoms with Crippen LogP contribution in [0.5, 0.6) is 0 Å². The maximum Gasteiger partial charge on any atom is 0.305 e. The third kappa shape index (κ3) is 71.0. The van der Waals surface area contributed by atoms with Gasteiger partial charge in [-0.25, -0.2) is 0 Å². The second kappa shape index (κ2) is 74.5. The van der Waals surface area contributed by atoms with Crippen LogP contribution >= 0.6 is 0 Å². The second-order valence-corrected chi connectivity index (χ2v) is 26.7. The maximum atomic E-state index is 12.5. The summed E-state index contributed by atoms with van der Waals surface area (Å²) in [5.74, 6) is -0.0168. The molecule has 0 bridgehead atoms. The van der Waals surface area contributed by atoms with Crippen molar-refractivity contribution < 1.29 is 24.5 Å². The van der Waals surface area contributed by atoms with Crippen LogP contribution in [0.1, 0.15) is 431 Å². The van der Waals surface area contributed by atoms with Crippen molar-refractivity contribution in [3.8, 4) is 0 Å². The number of aliphatic hydroxyl groups excluding tert-OH is 2. The summed E-state index contributed by atoms with van der Waals surface area (Å²) in [5.41, 5.74) is 0. The normalized spacial score (nSPS) is 12.7. The molecule has 0 aromatic heterocycles. The fourth-order valence-corrected chi connectivity index (χ4v) is 12.3. The number of nitrogens with one attached hydrogen (secondary N) is 1. The third-order valence-corrected chi connectivity index (χ3v) is 18.2. The molecule has 0 rings (SSSR count). The highest BCUT2D eigenvalue weighted by molar-refractivity contribution is 5.76. The van der Waals surface area contributed by atoms with Gasteiger partial charge in [-0.15, -0.1) is 0 Å². The summed E-state index contributed by atoms with van der Waals surface area (Å²) in [4.78, 5) is 24.7. The van der Waals surface area contributed by atoms with Crippen LogP contribution in [0.15, 0.2) is 36.5 Å². The van der Waals surface area contributed by atoms with Gasteiger partial charge in [-0.1, -0.05) is 371 Å². The largest absolute Gasteiger partial charge is 0.466 e. The van der Waals surface area contributed by atoms with Crippen molar-refractivity contribution in [2.75, 3.05) is 13.2 Å². The number of unbranched alkanes of at least 4 members (excludes halogenated alkanes) is 56.